The molecule has 1 heterocycles. The molecule has 1 amide bonds. The minimum absolute atomic E-state index is 0.109. The highest BCUT2D eigenvalue weighted by Crippen LogP contribution is 2.21. The quantitative estimate of drug-likeness (QED) is 0.704. The van der Waals surface area contributed by atoms with Crippen LogP contribution in [0.1, 0.15) is 26.7 Å². The molecule has 3 N–H and O–H groups in total. The van der Waals surface area contributed by atoms with Crippen molar-refractivity contribution in [2.45, 2.75) is 38.3 Å². The van der Waals surface area contributed by atoms with Gasteiger partial charge in [0, 0.05) is 26.7 Å². The Morgan fingerprint density at radius 3 is 2.82 bits per heavy atom. The minimum Gasteiger partial charge on any atom is -0.378 e. The maximum Gasteiger partial charge on any atom is 0.237 e. The molecule has 5 heteroatoms. The molecule has 1 aliphatic heterocycles. The summed E-state index contributed by atoms with van der Waals surface area (Å²) >= 11 is 0. The van der Waals surface area contributed by atoms with Gasteiger partial charge in [-0.1, -0.05) is 20.3 Å². The molecule has 100 valence electrons. The van der Waals surface area contributed by atoms with Crippen molar-refractivity contribution in [3.05, 3.63) is 0 Å². The molecule has 17 heavy (non-hydrogen) atoms. The van der Waals surface area contributed by atoms with E-state index < -0.39 is 6.04 Å². The monoisotopic (exact) mass is 244 g/mol. The lowest BCUT2D eigenvalue weighted by atomic mass is 9.98. The van der Waals surface area contributed by atoms with Gasteiger partial charge in [-0.25, -0.2) is 0 Å². The van der Waals surface area contributed by atoms with E-state index in [9.17, 15) is 4.79 Å². The Bertz CT molecular complexity index is 252. The zero-order valence-electron chi connectivity index (χ0n) is 11.0. The average Bonchev–Trinajstić information content (AvgIpc) is 2.83. The van der Waals surface area contributed by atoms with E-state index >= 15 is 0 Å². The molecule has 0 saturated carbocycles. The molecule has 1 unspecified atom stereocenters. The SMILES string of the molecule is CC[C@H](C)[C@H](N)C(=O)NCC1(OC)CCOC1. The number of methoxy groups -OCH3 is 1. The average molecular weight is 244 g/mol. The van der Waals surface area contributed by atoms with Gasteiger partial charge in [0.2, 0.25) is 5.91 Å². The van der Waals surface area contributed by atoms with E-state index in [1.165, 1.54) is 0 Å². The second kappa shape index (κ2) is 6.33. The maximum atomic E-state index is 11.8. The van der Waals surface area contributed by atoms with Crippen LogP contribution in [0.15, 0.2) is 0 Å². The van der Waals surface area contributed by atoms with Crippen LogP contribution in [0, 0.1) is 5.92 Å². The van der Waals surface area contributed by atoms with Gasteiger partial charge < -0.3 is 20.5 Å². The molecule has 1 fully saturated rings. The van der Waals surface area contributed by atoms with Gasteiger partial charge in [0.25, 0.3) is 0 Å². The van der Waals surface area contributed by atoms with Crippen LogP contribution in [-0.2, 0) is 14.3 Å². The van der Waals surface area contributed by atoms with Crippen molar-refractivity contribution < 1.29 is 14.3 Å². The zero-order chi connectivity index (χ0) is 12.9. The molecule has 5 nitrogen and oxygen atoms in total. The number of hydrogen-bond acceptors (Lipinski definition) is 4. The Kier molecular flexibility index (Phi) is 5.36. The van der Waals surface area contributed by atoms with E-state index in [1.54, 1.807) is 7.11 Å². The molecule has 1 aliphatic rings. The molecule has 0 radical (unpaired) electrons. The highest BCUT2D eigenvalue weighted by molar-refractivity contribution is 5.81. The number of nitrogens with two attached hydrogens (primary N) is 1. The largest absolute Gasteiger partial charge is 0.378 e. The first-order chi connectivity index (χ1) is 8.04. The lowest BCUT2D eigenvalue weighted by Crippen LogP contribution is -2.51. The van der Waals surface area contributed by atoms with Crippen LogP contribution in [0.2, 0.25) is 0 Å². The molecule has 0 aromatic carbocycles. The topological polar surface area (TPSA) is 73.6 Å². The Labute approximate surface area is 103 Å². The summed E-state index contributed by atoms with van der Waals surface area (Å²) in [7, 11) is 1.65. The smallest absolute Gasteiger partial charge is 0.237 e. The third kappa shape index (κ3) is 3.66. The molecule has 1 saturated heterocycles. The zero-order valence-corrected chi connectivity index (χ0v) is 11.0. The minimum atomic E-state index is -0.448. The van der Waals surface area contributed by atoms with Crippen molar-refractivity contribution in [3.8, 4) is 0 Å². The van der Waals surface area contributed by atoms with E-state index in [2.05, 4.69) is 5.32 Å². The molecule has 0 aliphatic carbocycles. The van der Waals surface area contributed by atoms with Crippen LogP contribution < -0.4 is 11.1 Å². The van der Waals surface area contributed by atoms with Gasteiger partial charge in [-0.15, -0.1) is 0 Å². The lowest BCUT2D eigenvalue weighted by Gasteiger charge is -2.27. The van der Waals surface area contributed by atoms with Gasteiger partial charge in [0.1, 0.15) is 5.60 Å². The fraction of sp³-hybridized carbons (Fsp3) is 0.917. The molecule has 0 bridgehead atoms. The Balaban J connectivity index is 2.41. The summed E-state index contributed by atoms with van der Waals surface area (Å²) in [6, 6.07) is -0.448. The number of nitrogens with one attached hydrogen (secondary N) is 1. The van der Waals surface area contributed by atoms with Crippen LogP contribution in [0.4, 0.5) is 0 Å². The summed E-state index contributed by atoms with van der Waals surface area (Å²) in [4.78, 5) is 11.8. The fourth-order valence-electron chi connectivity index (χ4n) is 1.84. The second-order valence-electron chi connectivity index (χ2n) is 4.82. The Morgan fingerprint density at radius 2 is 2.35 bits per heavy atom. The van der Waals surface area contributed by atoms with E-state index in [1.807, 2.05) is 13.8 Å². The fourth-order valence-corrected chi connectivity index (χ4v) is 1.84. The molecular weight excluding hydrogens is 220 g/mol. The number of amides is 1. The number of ether oxygens (including phenoxy) is 2. The third-order valence-corrected chi connectivity index (χ3v) is 3.64. The maximum absolute atomic E-state index is 11.8. The van der Waals surface area contributed by atoms with Crippen molar-refractivity contribution >= 4 is 5.91 Å². The van der Waals surface area contributed by atoms with Crippen molar-refractivity contribution in [2.24, 2.45) is 11.7 Å². The van der Waals surface area contributed by atoms with Crippen LogP contribution in [-0.4, -0.2) is 44.4 Å². The second-order valence-corrected chi connectivity index (χ2v) is 4.82. The molecule has 0 spiro atoms. The predicted molar refractivity (Wildman–Crippen MR) is 65.6 cm³/mol. The number of carbonyl (C=O) groups excluding carboxylic acids is 1. The van der Waals surface area contributed by atoms with Gasteiger partial charge in [-0.2, -0.15) is 0 Å². The van der Waals surface area contributed by atoms with Gasteiger partial charge in [-0.3, -0.25) is 4.79 Å². The van der Waals surface area contributed by atoms with E-state index in [4.69, 9.17) is 15.2 Å². The highest BCUT2D eigenvalue weighted by Gasteiger charge is 2.35. The summed E-state index contributed by atoms with van der Waals surface area (Å²) in [6.45, 7) is 5.68. The first-order valence-corrected chi connectivity index (χ1v) is 6.21. The van der Waals surface area contributed by atoms with E-state index in [0.717, 1.165) is 12.8 Å². The van der Waals surface area contributed by atoms with E-state index in [-0.39, 0.29) is 17.4 Å². The van der Waals surface area contributed by atoms with Crippen LogP contribution in [0.25, 0.3) is 0 Å². The van der Waals surface area contributed by atoms with Crippen LogP contribution in [0.5, 0.6) is 0 Å². The molecular formula is C12H24N2O3. The predicted octanol–water partition coefficient (Wildman–Crippen LogP) is 0.282. The summed E-state index contributed by atoms with van der Waals surface area (Å²) in [5.74, 6) is 0.0796. The van der Waals surface area contributed by atoms with Crippen LogP contribution in [0.3, 0.4) is 0 Å². The molecule has 1 rings (SSSR count). The lowest BCUT2D eigenvalue weighted by molar-refractivity contribution is -0.125. The van der Waals surface area contributed by atoms with Gasteiger partial charge in [0.15, 0.2) is 0 Å². The number of rotatable bonds is 6. The number of hydrogen-bond donors (Lipinski definition) is 2. The molecule has 0 aromatic rings. The Morgan fingerprint density at radius 1 is 1.65 bits per heavy atom. The molecule has 0 aromatic heterocycles. The first kappa shape index (κ1) is 14.4. The summed E-state index contributed by atoms with van der Waals surface area (Å²) < 4.78 is 10.7. The van der Waals surface area contributed by atoms with E-state index in [0.29, 0.717) is 19.8 Å². The van der Waals surface area contributed by atoms with Gasteiger partial charge in [0.05, 0.1) is 12.6 Å². The Hall–Kier alpha value is -0.650. The van der Waals surface area contributed by atoms with Gasteiger partial charge in [-0.05, 0) is 5.92 Å². The summed E-state index contributed by atoms with van der Waals surface area (Å²) in [6.07, 6.45) is 1.70. The normalized spacial score (nSPS) is 27.8. The first-order valence-electron chi connectivity index (χ1n) is 6.21. The van der Waals surface area contributed by atoms with Crippen molar-refractivity contribution in [2.75, 3.05) is 26.9 Å². The molecule has 3 atom stereocenters. The highest BCUT2D eigenvalue weighted by atomic mass is 16.5. The standard InChI is InChI=1S/C12H24N2O3/c1-4-9(2)10(13)11(15)14-7-12(16-3)5-6-17-8-12/h9-10H,4-8,13H2,1-3H3,(H,14,15)/t9-,10-,12?/m0/s1. The third-order valence-electron chi connectivity index (χ3n) is 3.64. The summed E-state index contributed by atoms with van der Waals surface area (Å²) in [5, 5.41) is 2.86. The summed E-state index contributed by atoms with van der Waals surface area (Å²) in [5.41, 5.74) is 5.49. The van der Waals surface area contributed by atoms with Crippen molar-refractivity contribution in [3.63, 3.8) is 0 Å². The van der Waals surface area contributed by atoms with Crippen molar-refractivity contribution in [1.29, 1.82) is 0 Å². The van der Waals surface area contributed by atoms with Crippen molar-refractivity contribution in [1.82, 2.24) is 5.32 Å². The number of carbonyl (C=O) groups is 1. The van der Waals surface area contributed by atoms with Gasteiger partial charge >= 0.3 is 0 Å². The van der Waals surface area contributed by atoms with Crippen LogP contribution >= 0.6 is 0 Å².